The first-order chi connectivity index (χ1) is 10.3. The molecule has 1 aromatic carbocycles. The van der Waals surface area contributed by atoms with Crippen molar-refractivity contribution in [2.45, 2.75) is 57.9 Å². The Labute approximate surface area is 129 Å². The van der Waals surface area contributed by atoms with Crippen LogP contribution in [0.1, 0.15) is 50.2 Å². The predicted octanol–water partition coefficient (Wildman–Crippen LogP) is 4.07. The van der Waals surface area contributed by atoms with Crippen LogP contribution in [-0.4, -0.2) is 19.1 Å². The van der Waals surface area contributed by atoms with Gasteiger partial charge in [0.05, 0.1) is 0 Å². The standard InChI is InChI=1S/C19H28N2/c1-15-13-18-14-17(7-8-19(18)21-15)10-12-20-11-9-16-5-3-2-4-6-16/h5,7-8,14-15,20-21H,2-4,6,9-13H2,1H3. The van der Waals surface area contributed by atoms with Gasteiger partial charge in [0.25, 0.3) is 0 Å². The maximum atomic E-state index is 3.60. The van der Waals surface area contributed by atoms with Gasteiger partial charge >= 0.3 is 0 Å². The SMILES string of the molecule is CC1Cc2cc(CCNCCC3=CCCCC3)ccc2N1. The van der Waals surface area contributed by atoms with Crippen molar-refractivity contribution in [1.29, 1.82) is 0 Å². The molecule has 0 radical (unpaired) electrons. The minimum Gasteiger partial charge on any atom is -0.382 e. The monoisotopic (exact) mass is 284 g/mol. The summed E-state index contributed by atoms with van der Waals surface area (Å²) in [4.78, 5) is 0. The quantitative estimate of drug-likeness (QED) is 0.608. The highest BCUT2D eigenvalue weighted by Crippen LogP contribution is 2.26. The molecule has 0 amide bonds. The topological polar surface area (TPSA) is 24.1 Å². The van der Waals surface area contributed by atoms with Crippen molar-refractivity contribution in [1.82, 2.24) is 5.32 Å². The number of benzene rings is 1. The van der Waals surface area contributed by atoms with Crippen LogP contribution in [0.25, 0.3) is 0 Å². The Morgan fingerprint density at radius 2 is 2.10 bits per heavy atom. The molecule has 0 fully saturated rings. The van der Waals surface area contributed by atoms with E-state index >= 15 is 0 Å². The summed E-state index contributed by atoms with van der Waals surface area (Å²) in [5.41, 5.74) is 5.97. The first-order valence-electron chi connectivity index (χ1n) is 8.58. The second kappa shape index (κ2) is 7.13. The molecular weight excluding hydrogens is 256 g/mol. The second-order valence-electron chi connectivity index (χ2n) is 6.60. The van der Waals surface area contributed by atoms with Gasteiger partial charge in [-0.3, -0.25) is 0 Å². The Kier molecular flexibility index (Phi) is 4.97. The van der Waals surface area contributed by atoms with Gasteiger partial charge in [0.1, 0.15) is 0 Å². The van der Waals surface area contributed by atoms with Gasteiger partial charge in [-0.1, -0.05) is 23.8 Å². The van der Waals surface area contributed by atoms with Crippen molar-refractivity contribution in [2.75, 3.05) is 18.4 Å². The lowest BCUT2D eigenvalue weighted by Crippen LogP contribution is -2.19. The number of anilines is 1. The fourth-order valence-corrected chi connectivity index (χ4v) is 3.50. The van der Waals surface area contributed by atoms with Crippen molar-refractivity contribution < 1.29 is 0 Å². The van der Waals surface area contributed by atoms with Gasteiger partial charge in [-0.05, 0) is 82.2 Å². The summed E-state index contributed by atoms with van der Waals surface area (Å²) in [6.45, 7) is 4.48. The van der Waals surface area contributed by atoms with E-state index in [4.69, 9.17) is 0 Å². The highest BCUT2D eigenvalue weighted by atomic mass is 14.9. The molecule has 0 saturated carbocycles. The number of nitrogens with one attached hydrogen (secondary N) is 2. The van der Waals surface area contributed by atoms with Crippen LogP contribution in [0.15, 0.2) is 29.8 Å². The lowest BCUT2D eigenvalue weighted by molar-refractivity contribution is 0.632. The Morgan fingerprint density at radius 3 is 2.95 bits per heavy atom. The van der Waals surface area contributed by atoms with Gasteiger partial charge in [0.15, 0.2) is 0 Å². The summed E-state index contributed by atoms with van der Waals surface area (Å²) >= 11 is 0. The fraction of sp³-hybridized carbons (Fsp3) is 0.579. The third-order valence-corrected chi connectivity index (χ3v) is 4.70. The average molecular weight is 284 g/mol. The highest BCUT2D eigenvalue weighted by molar-refractivity contribution is 5.57. The first-order valence-corrected chi connectivity index (χ1v) is 8.58. The molecule has 0 aromatic heterocycles. The predicted molar refractivity (Wildman–Crippen MR) is 91.0 cm³/mol. The number of fused-ring (bicyclic) bond motifs is 1. The third kappa shape index (κ3) is 4.10. The normalized spacial score (nSPS) is 20.8. The van der Waals surface area contributed by atoms with Crippen molar-refractivity contribution in [3.63, 3.8) is 0 Å². The molecule has 2 nitrogen and oxygen atoms in total. The molecule has 0 spiro atoms. The second-order valence-corrected chi connectivity index (χ2v) is 6.60. The van der Waals surface area contributed by atoms with Crippen LogP contribution < -0.4 is 10.6 Å². The van der Waals surface area contributed by atoms with Gasteiger partial charge in [-0.2, -0.15) is 0 Å². The van der Waals surface area contributed by atoms with Crippen molar-refractivity contribution in [3.05, 3.63) is 41.0 Å². The lowest BCUT2D eigenvalue weighted by Gasteiger charge is -2.13. The van der Waals surface area contributed by atoms with Crippen molar-refractivity contribution in [3.8, 4) is 0 Å². The minimum absolute atomic E-state index is 0.595. The molecule has 3 rings (SSSR count). The largest absolute Gasteiger partial charge is 0.382 e. The zero-order valence-electron chi connectivity index (χ0n) is 13.3. The van der Waals surface area contributed by atoms with E-state index in [0.29, 0.717) is 6.04 Å². The summed E-state index contributed by atoms with van der Waals surface area (Å²) < 4.78 is 0. The van der Waals surface area contributed by atoms with Gasteiger partial charge in [-0.15, -0.1) is 0 Å². The maximum absolute atomic E-state index is 3.60. The van der Waals surface area contributed by atoms with Gasteiger partial charge in [0.2, 0.25) is 0 Å². The minimum atomic E-state index is 0.595. The van der Waals surface area contributed by atoms with Crippen molar-refractivity contribution in [2.24, 2.45) is 0 Å². The third-order valence-electron chi connectivity index (χ3n) is 4.70. The molecule has 1 aliphatic carbocycles. The maximum Gasteiger partial charge on any atom is 0.0375 e. The molecule has 2 N–H and O–H groups in total. The number of rotatable bonds is 6. The van der Waals surface area contributed by atoms with Gasteiger partial charge in [-0.25, -0.2) is 0 Å². The average Bonchev–Trinajstić information content (AvgIpc) is 2.87. The summed E-state index contributed by atoms with van der Waals surface area (Å²) in [5.74, 6) is 0. The molecule has 114 valence electrons. The molecule has 1 atom stereocenters. The van der Waals surface area contributed by atoms with Crippen LogP contribution in [0.2, 0.25) is 0 Å². The summed E-state index contributed by atoms with van der Waals surface area (Å²) in [6, 6.07) is 7.50. The van der Waals surface area contributed by atoms with E-state index in [1.807, 2.05) is 0 Å². The van der Waals surface area contributed by atoms with Gasteiger partial charge < -0.3 is 10.6 Å². The molecular formula is C19H28N2. The molecule has 1 aromatic rings. The molecule has 1 heterocycles. The van der Waals surface area contributed by atoms with E-state index < -0.39 is 0 Å². The zero-order valence-corrected chi connectivity index (χ0v) is 13.3. The highest BCUT2D eigenvalue weighted by Gasteiger charge is 2.16. The number of hydrogen-bond donors (Lipinski definition) is 2. The summed E-state index contributed by atoms with van der Waals surface area (Å²) in [7, 11) is 0. The summed E-state index contributed by atoms with van der Waals surface area (Å²) in [5, 5.41) is 7.12. The Bertz CT molecular complexity index is 504. The molecule has 1 aliphatic heterocycles. The van der Waals surface area contributed by atoms with E-state index in [9.17, 15) is 0 Å². The Balaban J connectivity index is 1.38. The molecule has 0 saturated heterocycles. The zero-order chi connectivity index (χ0) is 14.5. The van der Waals surface area contributed by atoms with Crippen LogP contribution in [0, 0.1) is 0 Å². The first kappa shape index (κ1) is 14.6. The van der Waals surface area contributed by atoms with Crippen LogP contribution >= 0.6 is 0 Å². The molecule has 1 unspecified atom stereocenters. The number of hydrogen-bond acceptors (Lipinski definition) is 2. The van der Waals surface area contributed by atoms with Crippen LogP contribution in [-0.2, 0) is 12.8 Å². The molecule has 2 heteroatoms. The fourth-order valence-electron chi connectivity index (χ4n) is 3.50. The van der Waals surface area contributed by atoms with E-state index in [2.05, 4.69) is 41.8 Å². The van der Waals surface area contributed by atoms with Crippen LogP contribution in [0.5, 0.6) is 0 Å². The molecule has 2 aliphatic rings. The summed E-state index contributed by atoms with van der Waals surface area (Å²) in [6.07, 6.45) is 11.4. The van der Waals surface area contributed by atoms with E-state index in [-0.39, 0.29) is 0 Å². The smallest absolute Gasteiger partial charge is 0.0375 e. The Morgan fingerprint density at radius 1 is 1.19 bits per heavy atom. The van der Waals surface area contributed by atoms with Crippen LogP contribution in [0.3, 0.4) is 0 Å². The van der Waals surface area contributed by atoms with Crippen LogP contribution in [0.4, 0.5) is 5.69 Å². The van der Waals surface area contributed by atoms with E-state index in [1.54, 1.807) is 5.57 Å². The number of allylic oxidation sites excluding steroid dienone is 1. The lowest BCUT2D eigenvalue weighted by atomic mass is 9.97. The van der Waals surface area contributed by atoms with Gasteiger partial charge in [0, 0.05) is 11.7 Å². The Hall–Kier alpha value is -1.28. The van der Waals surface area contributed by atoms with Crippen molar-refractivity contribution >= 4 is 5.69 Å². The molecule has 0 bridgehead atoms. The van der Waals surface area contributed by atoms with E-state index in [0.717, 1.165) is 19.5 Å². The molecule has 21 heavy (non-hydrogen) atoms. The van der Waals surface area contributed by atoms with E-state index in [1.165, 1.54) is 55.3 Å².